The number of rotatable bonds is 10. The number of fused-ring (bicyclic) bond motifs is 4. The zero-order chi connectivity index (χ0) is 56.3. The molecule has 0 atom stereocenters. The minimum atomic E-state index is -1.97. The molecule has 0 fully saturated rings. The van der Waals surface area contributed by atoms with Gasteiger partial charge in [0.2, 0.25) is 0 Å². The van der Waals surface area contributed by atoms with E-state index in [1.807, 2.05) is 44.2 Å². The summed E-state index contributed by atoms with van der Waals surface area (Å²) in [5.41, 5.74) is 1.57. The Labute approximate surface area is 410 Å². The summed E-state index contributed by atoms with van der Waals surface area (Å²) in [5, 5.41) is 0.597. The monoisotopic (exact) mass is 1020 g/mol. The van der Waals surface area contributed by atoms with Gasteiger partial charge in [-0.25, -0.2) is 4.98 Å². The van der Waals surface area contributed by atoms with Crippen LogP contribution in [0.3, 0.4) is 0 Å². The number of pyridine rings is 1. The second kappa shape index (κ2) is 17.1. The van der Waals surface area contributed by atoms with Crippen LogP contribution >= 0.6 is 0 Å². The molecule has 6 heteroatoms. The first-order valence-electron chi connectivity index (χ1n) is 28.0. The van der Waals surface area contributed by atoms with Crippen molar-refractivity contribution in [1.82, 2.24) is 14.1 Å². The molecular weight excluding hydrogens is 964 g/mol. The Balaban J connectivity index is 0.00000720. The Morgan fingerprint density at radius 1 is 0.656 bits per heavy atom. The molecule has 3 heterocycles. The molecule has 0 radical (unpaired) electrons. The third-order valence-corrected chi connectivity index (χ3v) is 10.8. The van der Waals surface area contributed by atoms with Crippen LogP contribution in [0.1, 0.15) is 46.9 Å². The van der Waals surface area contributed by atoms with Gasteiger partial charge in [0.15, 0.2) is 0 Å². The topological polar surface area (TPSA) is 35.9 Å². The zero-order valence-corrected chi connectivity index (χ0v) is 36.3. The van der Waals surface area contributed by atoms with Crippen LogP contribution in [-0.2, 0) is 32.9 Å². The second-order valence-corrected chi connectivity index (χ2v) is 15.1. The molecule has 312 valence electrons. The number of hydrogen-bond donors (Lipinski definition) is 0. The van der Waals surface area contributed by atoms with Crippen LogP contribution in [0.5, 0.6) is 11.5 Å². The van der Waals surface area contributed by atoms with Crippen LogP contribution in [0, 0.1) is 18.5 Å². The average molecular weight is 1020 g/mol. The molecule has 64 heavy (non-hydrogen) atoms. The number of imidazole rings is 1. The maximum atomic E-state index is 9.49. The quantitative estimate of drug-likeness (QED) is 0.101. The summed E-state index contributed by atoms with van der Waals surface area (Å²) in [6, 6.07) is 31.7. The van der Waals surface area contributed by atoms with Crippen LogP contribution in [0.2, 0.25) is 0 Å². The van der Waals surface area contributed by atoms with Gasteiger partial charge in [-0.2, -0.15) is 18.2 Å². The number of nitrogens with zero attached hydrogens (tertiary/aromatic N) is 4. The molecule has 0 amide bonds. The molecule has 0 N–H and O–H groups in total. The van der Waals surface area contributed by atoms with Crippen molar-refractivity contribution in [3.63, 3.8) is 0 Å². The summed E-state index contributed by atoms with van der Waals surface area (Å²) < 4.78 is 153. The van der Waals surface area contributed by atoms with Crippen molar-refractivity contribution < 1.29 is 52.3 Å². The van der Waals surface area contributed by atoms with Crippen molar-refractivity contribution in [1.29, 1.82) is 0 Å². The number of para-hydroxylation sites is 4. The van der Waals surface area contributed by atoms with Crippen LogP contribution in [0.25, 0.3) is 72.3 Å². The predicted molar refractivity (Wildman–Crippen MR) is 254 cm³/mol. The molecule has 0 aliphatic heterocycles. The van der Waals surface area contributed by atoms with E-state index in [2.05, 4.69) is 23.4 Å². The largest absolute Gasteiger partial charge is 0.510 e. The van der Waals surface area contributed by atoms with Gasteiger partial charge in [0.05, 0.1) is 35.9 Å². The molecule has 0 aliphatic carbocycles. The first kappa shape index (κ1) is 26.3. The predicted octanol–water partition coefficient (Wildman–Crippen LogP) is 13.4. The van der Waals surface area contributed by atoms with E-state index in [0.29, 0.717) is 22.1 Å². The molecule has 0 saturated carbocycles. The van der Waals surface area contributed by atoms with E-state index in [9.17, 15) is 2.74 Å². The Kier molecular flexibility index (Phi) is 7.03. The standard InChI is InChI=1S/C58H42N4O.Pt/c1-58(2,44-22-10-5-11-23-44)39-41-34-35-59-56(36-41)62-52-29-13-12-26-50(52)51-33-32-47(38-55(51)62)63-46-25-16-24-45(37-46)60-40-61(54-31-15-14-30-53(54)60)57-48(42-18-6-3-7-19-42)27-17-28-49(57)43-20-8-4-9-21-43;/h3-36H,39H2,1-2H3;/q-2;/i3D,4D,6D,7D,8D,9D,12D,13D,18D,19D,20D,21D,26D,29D,39D2;. The third-order valence-electron chi connectivity index (χ3n) is 10.8. The molecule has 11 aromatic rings. The van der Waals surface area contributed by atoms with Crippen LogP contribution in [0.4, 0.5) is 0 Å². The fourth-order valence-electron chi connectivity index (χ4n) is 7.92. The van der Waals surface area contributed by atoms with E-state index >= 15 is 0 Å². The van der Waals surface area contributed by atoms with Gasteiger partial charge >= 0.3 is 0 Å². The number of benzene rings is 8. The van der Waals surface area contributed by atoms with Gasteiger partial charge < -0.3 is 13.9 Å². The molecule has 5 nitrogen and oxygen atoms in total. The van der Waals surface area contributed by atoms with E-state index < -0.39 is 84.3 Å². The molecule has 3 aromatic heterocycles. The Hall–Kier alpha value is -7.33. The van der Waals surface area contributed by atoms with E-state index in [4.69, 9.17) is 23.9 Å². The van der Waals surface area contributed by atoms with E-state index in [1.165, 1.54) is 29.0 Å². The van der Waals surface area contributed by atoms with Gasteiger partial charge in [-0.15, -0.1) is 29.7 Å². The van der Waals surface area contributed by atoms with Gasteiger partial charge in [-0.3, -0.25) is 4.57 Å². The van der Waals surface area contributed by atoms with Crippen molar-refractivity contribution in [3.8, 4) is 50.9 Å². The summed E-state index contributed by atoms with van der Waals surface area (Å²) in [6.45, 7) is 3.63. The SMILES string of the molecule is [2H]c1c([2H])c([2H])c(-c2cccc(-c3c([2H])c([2H])c([2H])c([2H])c3[2H])c2-[n+]2[c-]n(-c3[c-]c(Oc4[c-]c5c(cc4)c4c([2H])c([2H])c([2H])c([2H])c4n5-c4cc(C([2H])([2H])C(C)(C)c5ccccc5)ccn4)ccc3)c3ccccc32)c([2H])c1[2H].[Pt]. The van der Waals surface area contributed by atoms with Crippen LogP contribution in [0.15, 0.2) is 206 Å². The summed E-state index contributed by atoms with van der Waals surface area (Å²) in [6.07, 6.45) is 2.84. The minimum Gasteiger partial charge on any atom is -0.510 e. The number of aromatic nitrogens is 4. The molecule has 0 spiro atoms. The Morgan fingerprint density at radius 3 is 2.09 bits per heavy atom. The van der Waals surface area contributed by atoms with Crippen molar-refractivity contribution in [2.45, 2.75) is 25.6 Å². The minimum absolute atomic E-state index is 0. The molecule has 8 aromatic carbocycles. The van der Waals surface area contributed by atoms with Crippen molar-refractivity contribution in [2.75, 3.05) is 0 Å². The fourth-order valence-corrected chi connectivity index (χ4v) is 7.92. The smallest absolute Gasteiger partial charge is 0.268 e. The van der Waals surface area contributed by atoms with Crippen LogP contribution < -0.4 is 9.30 Å². The van der Waals surface area contributed by atoms with Crippen LogP contribution in [-0.4, -0.2) is 14.1 Å². The maximum Gasteiger partial charge on any atom is 0.268 e. The second-order valence-electron chi connectivity index (χ2n) is 15.1. The summed E-state index contributed by atoms with van der Waals surface area (Å²) in [5.74, 6) is 0.487. The Bertz CT molecular complexity index is 4230. The summed E-state index contributed by atoms with van der Waals surface area (Å²) >= 11 is 0. The molecule has 0 unspecified atom stereocenters. The van der Waals surface area contributed by atoms with Crippen molar-refractivity contribution >= 4 is 32.8 Å². The van der Waals surface area contributed by atoms with E-state index in [-0.39, 0.29) is 100 Å². The van der Waals surface area contributed by atoms with Gasteiger partial charge in [0, 0.05) is 47.0 Å². The zero-order valence-electron chi connectivity index (χ0n) is 50.1. The van der Waals surface area contributed by atoms with Gasteiger partial charge in [0.1, 0.15) is 5.82 Å². The van der Waals surface area contributed by atoms with Crippen molar-refractivity contribution in [3.05, 3.63) is 236 Å². The van der Waals surface area contributed by atoms with E-state index in [0.717, 1.165) is 5.56 Å². The first-order valence-corrected chi connectivity index (χ1v) is 20.0. The molecule has 0 saturated heterocycles. The van der Waals surface area contributed by atoms with Gasteiger partial charge in [0.25, 0.3) is 6.33 Å². The molecule has 0 aliphatic rings. The molecular formula is C58H42N4OPt-2. The van der Waals surface area contributed by atoms with Gasteiger partial charge in [-0.05, 0) is 74.4 Å². The number of ether oxygens (including phenoxy) is 1. The normalized spacial score (nSPS) is 15.3. The molecule has 0 bridgehead atoms. The first-order chi connectivity index (χ1) is 37.6. The maximum absolute atomic E-state index is 9.49. The van der Waals surface area contributed by atoms with E-state index in [1.54, 1.807) is 75.9 Å². The molecule has 11 rings (SSSR count). The third kappa shape index (κ3) is 7.52. The van der Waals surface area contributed by atoms with Gasteiger partial charge in [-0.1, -0.05) is 171 Å². The average Bonchev–Trinajstić information content (AvgIpc) is 4.23. The number of hydrogen-bond acceptors (Lipinski definition) is 2. The van der Waals surface area contributed by atoms with Crippen molar-refractivity contribution in [2.24, 2.45) is 0 Å². The summed E-state index contributed by atoms with van der Waals surface area (Å²) in [7, 11) is 0. The Morgan fingerprint density at radius 2 is 1.33 bits per heavy atom. The fraction of sp³-hybridized carbons (Fsp3) is 0.0690. The summed E-state index contributed by atoms with van der Waals surface area (Å²) in [4.78, 5) is 4.65.